The Kier molecular flexibility index (Phi) is 2.59. The van der Waals surface area contributed by atoms with Crippen molar-refractivity contribution in [3.8, 4) is 0 Å². The summed E-state index contributed by atoms with van der Waals surface area (Å²) in [5.74, 6) is 1.62. The van der Waals surface area contributed by atoms with Crippen LogP contribution in [0.3, 0.4) is 0 Å². The molecule has 0 amide bonds. The minimum absolute atomic E-state index is 0.676. The molecule has 0 aliphatic carbocycles. The fraction of sp³-hybridized carbons (Fsp3) is 0.417. The van der Waals surface area contributed by atoms with Crippen molar-refractivity contribution in [3.63, 3.8) is 0 Å². The second kappa shape index (κ2) is 3.79. The Labute approximate surface area is 94.5 Å². The molecule has 4 heteroatoms. The van der Waals surface area contributed by atoms with Crippen LogP contribution in [0.2, 0.25) is 0 Å². The van der Waals surface area contributed by atoms with E-state index in [0.717, 1.165) is 28.3 Å². The van der Waals surface area contributed by atoms with Crippen LogP contribution in [-0.4, -0.2) is 14.9 Å². The van der Waals surface area contributed by atoms with Gasteiger partial charge in [0.25, 0.3) is 0 Å². The van der Waals surface area contributed by atoms with Crippen molar-refractivity contribution < 1.29 is 9.52 Å². The Hall–Kier alpha value is -1.55. The molecule has 1 unspecified atom stereocenters. The van der Waals surface area contributed by atoms with Crippen molar-refractivity contribution in [1.29, 1.82) is 0 Å². The zero-order valence-corrected chi connectivity index (χ0v) is 9.98. The molecule has 86 valence electrons. The van der Waals surface area contributed by atoms with Crippen molar-refractivity contribution in [1.82, 2.24) is 9.78 Å². The summed E-state index contributed by atoms with van der Waals surface area (Å²) in [5, 5.41) is 14.4. The Morgan fingerprint density at radius 2 is 2.00 bits per heavy atom. The van der Waals surface area contributed by atoms with Gasteiger partial charge in [0.1, 0.15) is 17.6 Å². The van der Waals surface area contributed by atoms with Crippen molar-refractivity contribution in [2.75, 3.05) is 0 Å². The van der Waals surface area contributed by atoms with Crippen molar-refractivity contribution >= 4 is 0 Å². The van der Waals surface area contributed by atoms with Crippen LogP contribution in [-0.2, 0) is 7.05 Å². The quantitative estimate of drug-likeness (QED) is 0.842. The van der Waals surface area contributed by atoms with Gasteiger partial charge < -0.3 is 9.52 Å². The van der Waals surface area contributed by atoms with E-state index in [1.54, 1.807) is 10.9 Å². The second-order valence-corrected chi connectivity index (χ2v) is 4.04. The van der Waals surface area contributed by atoms with Crippen LogP contribution in [0, 0.1) is 20.8 Å². The first-order valence-corrected chi connectivity index (χ1v) is 5.24. The van der Waals surface area contributed by atoms with Gasteiger partial charge in [-0.05, 0) is 32.4 Å². The zero-order valence-electron chi connectivity index (χ0n) is 9.98. The fourth-order valence-electron chi connectivity index (χ4n) is 2.01. The fourth-order valence-corrected chi connectivity index (χ4v) is 2.01. The topological polar surface area (TPSA) is 51.2 Å². The average molecular weight is 220 g/mol. The first-order valence-electron chi connectivity index (χ1n) is 5.24. The van der Waals surface area contributed by atoms with Gasteiger partial charge >= 0.3 is 0 Å². The van der Waals surface area contributed by atoms with Crippen LogP contribution in [0.15, 0.2) is 16.7 Å². The zero-order chi connectivity index (χ0) is 11.9. The summed E-state index contributed by atoms with van der Waals surface area (Å²) in [5.41, 5.74) is 2.62. The van der Waals surface area contributed by atoms with E-state index in [2.05, 4.69) is 5.10 Å². The lowest BCUT2D eigenvalue weighted by Crippen LogP contribution is -2.08. The van der Waals surface area contributed by atoms with Crippen LogP contribution in [0.1, 0.15) is 34.4 Å². The summed E-state index contributed by atoms with van der Waals surface area (Å²) in [6.45, 7) is 5.73. The molecule has 0 aliphatic heterocycles. The molecule has 2 aromatic rings. The van der Waals surface area contributed by atoms with Gasteiger partial charge in [0, 0.05) is 18.8 Å². The van der Waals surface area contributed by atoms with Crippen molar-refractivity contribution in [2.45, 2.75) is 26.9 Å². The predicted octanol–water partition coefficient (Wildman–Crippen LogP) is 2.02. The van der Waals surface area contributed by atoms with Gasteiger partial charge in [-0.1, -0.05) is 0 Å². The molecule has 2 rings (SSSR count). The maximum atomic E-state index is 10.3. The first-order chi connectivity index (χ1) is 7.52. The van der Waals surface area contributed by atoms with Gasteiger partial charge in [0.2, 0.25) is 0 Å². The predicted molar refractivity (Wildman–Crippen MR) is 60.2 cm³/mol. The number of aryl methyl sites for hydroxylation is 3. The Balaban J connectivity index is 2.49. The lowest BCUT2D eigenvalue weighted by molar-refractivity contribution is 0.207. The molecule has 1 N–H and O–H groups in total. The van der Waals surface area contributed by atoms with Crippen LogP contribution in [0.4, 0.5) is 0 Å². The highest BCUT2D eigenvalue weighted by Gasteiger charge is 2.22. The molecule has 16 heavy (non-hydrogen) atoms. The largest absolute Gasteiger partial charge is 0.466 e. The third-order valence-corrected chi connectivity index (χ3v) is 3.03. The normalized spacial score (nSPS) is 13.1. The third-order valence-electron chi connectivity index (χ3n) is 3.03. The lowest BCUT2D eigenvalue weighted by Gasteiger charge is -2.11. The van der Waals surface area contributed by atoms with E-state index in [9.17, 15) is 5.11 Å². The van der Waals surface area contributed by atoms with Crippen molar-refractivity contribution in [2.24, 2.45) is 7.05 Å². The summed E-state index contributed by atoms with van der Waals surface area (Å²) >= 11 is 0. The van der Waals surface area contributed by atoms with E-state index >= 15 is 0 Å². The van der Waals surface area contributed by atoms with Gasteiger partial charge in [0.05, 0.1) is 5.69 Å². The molecule has 0 aromatic carbocycles. The van der Waals surface area contributed by atoms with Gasteiger partial charge in [-0.25, -0.2) is 0 Å². The summed E-state index contributed by atoms with van der Waals surface area (Å²) in [4.78, 5) is 0. The van der Waals surface area contributed by atoms with Crippen LogP contribution >= 0.6 is 0 Å². The van der Waals surface area contributed by atoms with Gasteiger partial charge in [0.15, 0.2) is 0 Å². The SMILES string of the molecule is Cc1oc(C)c(C(O)c2ccnn2C)c1C. The Morgan fingerprint density at radius 3 is 2.44 bits per heavy atom. The maximum absolute atomic E-state index is 10.3. The number of hydrogen-bond donors (Lipinski definition) is 1. The highest BCUT2D eigenvalue weighted by atomic mass is 16.3. The summed E-state index contributed by atoms with van der Waals surface area (Å²) in [6, 6.07) is 1.81. The monoisotopic (exact) mass is 220 g/mol. The third kappa shape index (κ3) is 1.55. The van der Waals surface area contributed by atoms with Gasteiger partial charge in [-0.3, -0.25) is 4.68 Å². The number of hydrogen-bond acceptors (Lipinski definition) is 3. The summed E-state index contributed by atoms with van der Waals surface area (Å²) in [6.07, 6.45) is 1.00. The maximum Gasteiger partial charge on any atom is 0.124 e. The smallest absolute Gasteiger partial charge is 0.124 e. The minimum atomic E-state index is -0.676. The molecule has 0 radical (unpaired) electrons. The summed E-state index contributed by atoms with van der Waals surface area (Å²) in [7, 11) is 1.82. The number of aliphatic hydroxyl groups is 1. The first kappa shape index (κ1) is 11.0. The molecule has 0 saturated heterocycles. The molecule has 0 spiro atoms. The molecular formula is C12H16N2O2. The molecule has 0 saturated carbocycles. The molecule has 0 aliphatic rings. The van der Waals surface area contributed by atoms with Gasteiger partial charge in [-0.15, -0.1) is 0 Å². The Morgan fingerprint density at radius 1 is 1.31 bits per heavy atom. The van der Waals surface area contributed by atoms with Crippen molar-refractivity contribution in [3.05, 3.63) is 40.6 Å². The lowest BCUT2D eigenvalue weighted by atomic mass is 10.0. The molecule has 2 heterocycles. The molecule has 4 nitrogen and oxygen atoms in total. The highest BCUT2D eigenvalue weighted by Crippen LogP contribution is 2.30. The molecule has 0 bridgehead atoms. The minimum Gasteiger partial charge on any atom is -0.466 e. The molecular weight excluding hydrogens is 204 g/mol. The number of aliphatic hydroxyl groups excluding tert-OH is 1. The highest BCUT2D eigenvalue weighted by molar-refractivity contribution is 5.37. The molecule has 2 aromatic heterocycles. The standard InChI is InChI=1S/C12H16N2O2/c1-7-8(2)16-9(3)11(7)12(15)10-5-6-13-14(10)4/h5-6,12,15H,1-4H3. The van der Waals surface area contributed by atoms with E-state index in [1.165, 1.54) is 0 Å². The van der Waals surface area contributed by atoms with Gasteiger partial charge in [-0.2, -0.15) is 5.10 Å². The molecule has 0 fully saturated rings. The number of rotatable bonds is 2. The number of aromatic nitrogens is 2. The van der Waals surface area contributed by atoms with E-state index in [1.807, 2.05) is 33.9 Å². The molecule has 1 atom stereocenters. The average Bonchev–Trinajstić information content (AvgIpc) is 2.73. The van der Waals surface area contributed by atoms with E-state index in [-0.39, 0.29) is 0 Å². The van der Waals surface area contributed by atoms with E-state index < -0.39 is 6.10 Å². The van der Waals surface area contributed by atoms with E-state index in [4.69, 9.17) is 4.42 Å². The number of nitrogens with zero attached hydrogens (tertiary/aromatic N) is 2. The van der Waals surface area contributed by atoms with Crippen LogP contribution < -0.4 is 0 Å². The number of furan rings is 1. The van der Waals surface area contributed by atoms with E-state index in [0.29, 0.717) is 0 Å². The Bertz CT molecular complexity index is 511. The van der Waals surface area contributed by atoms with Crippen LogP contribution in [0.5, 0.6) is 0 Å². The second-order valence-electron chi connectivity index (χ2n) is 4.04. The van der Waals surface area contributed by atoms with Crippen LogP contribution in [0.25, 0.3) is 0 Å². The summed E-state index contributed by atoms with van der Waals surface area (Å²) < 4.78 is 7.19.